The molecule has 3 aliphatic rings. The van der Waals surface area contributed by atoms with Crippen molar-refractivity contribution in [1.82, 2.24) is 15.1 Å². The van der Waals surface area contributed by atoms with Crippen LogP contribution in [0.4, 0.5) is 4.79 Å². The van der Waals surface area contributed by atoms with Crippen LogP contribution < -0.4 is 10.1 Å². The van der Waals surface area contributed by atoms with Gasteiger partial charge in [0, 0.05) is 19.5 Å². The maximum Gasteiger partial charge on any atom is 0.325 e. The fourth-order valence-corrected chi connectivity index (χ4v) is 4.91. The lowest BCUT2D eigenvalue weighted by atomic mass is 9.98. The molecule has 1 saturated carbocycles. The van der Waals surface area contributed by atoms with Crippen LogP contribution in [0, 0.1) is 0 Å². The van der Waals surface area contributed by atoms with Crippen LogP contribution in [0.5, 0.6) is 5.75 Å². The van der Waals surface area contributed by atoms with E-state index in [1.165, 1.54) is 4.90 Å². The van der Waals surface area contributed by atoms with Crippen LogP contribution in [-0.2, 0) is 9.59 Å². The molecule has 1 aromatic rings. The lowest BCUT2D eigenvalue weighted by molar-refractivity contribution is -0.134. The molecule has 2 heterocycles. The minimum Gasteiger partial charge on any atom is -0.494 e. The van der Waals surface area contributed by atoms with Gasteiger partial charge in [0.1, 0.15) is 11.3 Å². The highest BCUT2D eigenvalue weighted by molar-refractivity contribution is 6.07. The third kappa shape index (κ3) is 3.70. The van der Waals surface area contributed by atoms with Crippen molar-refractivity contribution in [2.75, 3.05) is 19.7 Å². The molecule has 0 unspecified atom stereocenters. The number of benzene rings is 1. The van der Waals surface area contributed by atoms with E-state index in [-0.39, 0.29) is 36.9 Å². The number of rotatable bonds is 6. The fourth-order valence-electron chi connectivity index (χ4n) is 4.91. The van der Waals surface area contributed by atoms with Gasteiger partial charge in [-0.2, -0.15) is 0 Å². The molecule has 156 valence electrons. The van der Waals surface area contributed by atoms with E-state index in [9.17, 15) is 14.4 Å². The summed E-state index contributed by atoms with van der Waals surface area (Å²) >= 11 is 0. The van der Waals surface area contributed by atoms with Gasteiger partial charge in [-0.1, -0.05) is 25.0 Å². The molecule has 1 aromatic carbocycles. The van der Waals surface area contributed by atoms with E-state index in [0.29, 0.717) is 26.0 Å². The number of carbonyl (C=O) groups is 3. The summed E-state index contributed by atoms with van der Waals surface area (Å²) in [6.45, 7) is 3.43. The molecular formula is C22H29N3O4. The van der Waals surface area contributed by atoms with Crippen LogP contribution in [0.3, 0.4) is 0 Å². The predicted octanol–water partition coefficient (Wildman–Crippen LogP) is 3.00. The van der Waals surface area contributed by atoms with Gasteiger partial charge in [0.15, 0.2) is 0 Å². The van der Waals surface area contributed by atoms with Gasteiger partial charge in [-0.05, 0) is 50.3 Å². The topological polar surface area (TPSA) is 79.0 Å². The molecule has 3 fully saturated rings. The first kappa shape index (κ1) is 19.7. The number of carbonyl (C=O) groups excluding carboxylic acids is 3. The Hall–Kier alpha value is -2.57. The van der Waals surface area contributed by atoms with E-state index in [0.717, 1.165) is 37.0 Å². The number of urea groups is 1. The fraction of sp³-hybridized carbons (Fsp3) is 0.591. The van der Waals surface area contributed by atoms with Gasteiger partial charge in [-0.3, -0.25) is 14.5 Å². The molecule has 4 rings (SSSR count). The Morgan fingerprint density at radius 3 is 2.59 bits per heavy atom. The number of nitrogens with one attached hydrogen (secondary N) is 1. The largest absolute Gasteiger partial charge is 0.494 e. The molecule has 29 heavy (non-hydrogen) atoms. The summed E-state index contributed by atoms with van der Waals surface area (Å²) in [5, 5.41) is 2.87. The Kier molecular flexibility index (Phi) is 5.48. The smallest absolute Gasteiger partial charge is 0.325 e. The highest BCUT2D eigenvalue weighted by Gasteiger charge is 2.52. The molecular weight excluding hydrogens is 370 g/mol. The number of ether oxygens (including phenoxy) is 1. The van der Waals surface area contributed by atoms with Crippen molar-refractivity contribution < 1.29 is 19.1 Å². The van der Waals surface area contributed by atoms with Gasteiger partial charge >= 0.3 is 6.03 Å². The molecule has 2 saturated heterocycles. The van der Waals surface area contributed by atoms with Gasteiger partial charge in [0.2, 0.25) is 5.91 Å². The Balaban J connectivity index is 1.37. The highest BCUT2D eigenvalue weighted by atomic mass is 16.5. The normalized spacial score (nSPS) is 23.1. The van der Waals surface area contributed by atoms with Crippen molar-refractivity contribution in [2.45, 2.75) is 63.5 Å². The van der Waals surface area contributed by atoms with Crippen LogP contribution in [0.25, 0.3) is 0 Å². The van der Waals surface area contributed by atoms with E-state index < -0.39 is 5.54 Å². The second kappa shape index (κ2) is 8.05. The quantitative estimate of drug-likeness (QED) is 0.746. The molecule has 7 heteroatoms. The standard InChI is InChI=1S/C22H29N3O4/c1-2-29-17-9-7-16(8-10-17)18-6-5-14-24(18)19(26)11-15-25-20(27)22(23-21(25)28)12-3-4-13-22/h7-10,18H,2-6,11-15H2,1H3,(H,23,28)/t18-/m1/s1. The molecule has 1 atom stereocenters. The molecule has 0 bridgehead atoms. The zero-order valence-corrected chi connectivity index (χ0v) is 17.0. The van der Waals surface area contributed by atoms with Crippen molar-refractivity contribution in [1.29, 1.82) is 0 Å². The molecule has 1 aliphatic carbocycles. The minimum absolute atomic E-state index is 0.00523. The number of hydrogen-bond acceptors (Lipinski definition) is 4. The van der Waals surface area contributed by atoms with E-state index in [1.807, 2.05) is 36.1 Å². The van der Waals surface area contributed by atoms with Gasteiger partial charge in [0.05, 0.1) is 12.6 Å². The SMILES string of the molecule is CCOc1ccc([C@H]2CCCN2C(=O)CCN2C(=O)NC3(CCCC3)C2=O)cc1. The number of hydrogen-bond donors (Lipinski definition) is 1. The summed E-state index contributed by atoms with van der Waals surface area (Å²) in [5.41, 5.74) is 0.387. The average molecular weight is 399 g/mol. The van der Waals surface area contributed by atoms with Crippen LogP contribution in [0.1, 0.15) is 63.5 Å². The van der Waals surface area contributed by atoms with Crippen LogP contribution in [0.15, 0.2) is 24.3 Å². The third-order valence-corrected chi connectivity index (χ3v) is 6.40. The van der Waals surface area contributed by atoms with E-state index in [4.69, 9.17) is 4.74 Å². The maximum atomic E-state index is 12.9. The number of nitrogens with zero attached hydrogens (tertiary/aromatic N) is 2. The molecule has 0 radical (unpaired) electrons. The molecule has 1 N–H and O–H groups in total. The Morgan fingerprint density at radius 2 is 1.90 bits per heavy atom. The van der Waals surface area contributed by atoms with E-state index >= 15 is 0 Å². The lowest BCUT2D eigenvalue weighted by Gasteiger charge is -2.26. The van der Waals surface area contributed by atoms with E-state index in [2.05, 4.69) is 5.32 Å². The van der Waals surface area contributed by atoms with Gasteiger partial charge in [-0.25, -0.2) is 4.79 Å². The first-order valence-electron chi connectivity index (χ1n) is 10.7. The second-order valence-electron chi connectivity index (χ2n) is 8.17. The number of likely N-dealkylation sites (tertiary alicyclic amines) is 1. The van der Waals surface area contributed by atoms with Gasteiger partial charge in [0.25, 0.3) is 5.91 Å². The summed E-state index contributed by atoms with van der Waals surface area (Å²) in [5.74, 6) is 0.665. The van der Waals surface area contributed by atoms with Crippen molar-refractivity contribution >= 4 is 17.8 Å². The number of imide groups is 1. The summed E-state index contributed by atoms with van der Waals surface area (Å²) < 4.78 is 5.50. The summed E-state index contributed by atoms with van der Waals surface area (Å²) in [4.78, 5) is 41.1. The highest BCUT2D eigenvalue weighted by Crippen LogP contribution is 2.36. The zero-order chi connectivity index (χ0) is 20.4. The first-order valence-corrected chi connectivity index (χ1v) is 10.7. The Bertz CT molecular complexity index is 786. The minimum atomic E-state index is -0.710. The van der Waals surface area contributed by atoms with Crippen molar-refractivity contribution in [3.63, 3.8) is 0 Å². The molecule has 1 spiro atoms. The summed E-state index contributed by atoms with van der Waals surface area (Å²) in [6, 6.07) is 7.60. The van der Waals surface area contributed by atoms with E-state index in [1.54, 1.807) is 0 Å². The molecule has 2 aliphatic heterocycles. The average Bonchev–Trinajstić information content (AvgIpc) is 3.43. The Labute approximate surface area is 171 Å². The van der Waals surface area contributed by atoms with Crippen molar-refractivity contribution in [3.05, 3.63) is 29.8 Å². The van der Waals surface area contributed by atoms with Crippen molar-refractivity contribution in [3.8, 4) is 5.75 Å². The molecule has 7 nitrogen and oxygen atoms in total. The zero-order valence-electron chi connectivity index (χ0n) is 17.0. The number of amides is 4. The van der Waals surface area contributed by atoms with Crippen LogP contribution in [-0.4, -0.2) is 52.9 Å². The predicted molar refractivity (Wildman–Crippen MR) is 107 cm³/mol. The Morgan fingerprint density at radius 1 is 1.17 bits per heavy atom. The summed E-state index contributed by atoms with van der Waals surface area (Å²) in [6.07, 6.45) is 5.36. The van der Waals surface area contributed by atoms with Crippen LogP contribution >= 0.6 is 0 Å². The third-order valence-electron chi connectivity index (χ3n) is 6.40. The lowest BCUT2D eigenvalue weighted by Crippen LogP contribution is -2.44. The van der Waals surface area contributed by atoms with Gasteiger partial charge in [-0.15, -0.1) is 0 Å². The molecule has 0 aromatic heterocycles. The monoisotopic (exact) mass is 399 g/mol. The summed E-state index contributed by atoms with van der Waals surface area (Å²) in [7, 11) is 0. The van der Waals surface area contributed by atoms with Gasteiger partial charge < -0.3 is 15.0 Å². The maximum absolute atomic E-state index is 12.9. The second-order valence-corrected chi connectivity index (χ2v) is 8.17. The van der Waals surface area contributed by atoms with Crippen LogP contribution in [0.2, 0.25) is 0 Å². The van der Waals surface area contributed by atoms with Crippen molar-refractivity contribution in [2.24, 2.45) is 0 Å². The molecule has 4 amide bonds. The first-order chi connectivity index (χ1) is 14.0.